The van der Waals surface area contributed by atoms with Crippen LogP contribution in [0.25, 0.3) is 0 Å². The highest BCUT2D eigenvalue weighted by Gasteiger charge is 2.19. The van der Waals surface area contributed by atoms with Crippen molar-refractivity contribution in [1.82, 2.24) is 4.90 Å². The zero-order valence-electron chi connectivity index (χ0n) is 12.2. The second-order valence-corrected chi connectivity index (χ2v) is 5.09. The van der Waals surface area contributed by atoms with E-state index in [0.717, 1.165) is 50.1 Å². The largest absolute Gasteiger partial charge is 0.456 e. The summed E-state index contributed by atoms with van der Waals surface area (Å²) in [6.45, 7) is 7.70. The summed E-state index contributed by atoms with van der Waals surface area (Å²) in [6.07, 6.45) is 4.22. The number of rotatable bonds is 8. The van der Waals surface area contributed by atoms with Gasteiger partial charge in [0.15, 0.2) is 5.76 Å². The van der Waals surface area contributed by atoms with Crippen molar-refractivity contribution in [2.24, 2.45) is 0 Å². The standard InChI is InChI=1S/C15H24ClNO2/c1-4-6-8-17(9-7-5-2)15(18)14-10-13(11-16)12(3)19-14/h10H,4-9,11H2,1-3H3. The molecule has 0 aliphatic rings. The molecule has 1 heterocycles. The van der Waals surface area contributed by atoms with E-state index in [1.54, 1.807) is 6.07 Å². The van der Waals surface area contributed by atoms with Crippen LogP contribution in [0.1, 0.15) is 61.4 Å². The Morgan fingerprint density at radius 3 is 2.26 bits per heavy atom. The highest BCUT2D eigenvalue weighted by atomic mass is 35.5. The van der Waals surface area contributed by atoms with Crippen LogP contribution in [0.4, 0.5) is 0 Å². The molecule has 0 saturated carbocycles. The number of halogens is 1. The maximum Gasteiger partial charge on any atom is 0.289 e. The number of alkyl halides is 1. The maximum atomic E-state index is 12.4. The molecule has 0 atom stereocenters. The topological polar surface area (TPSA) is 33.5 Å². The molecule has 0 aliphatic heterocycles. The van der Waals surface area contributed by atoms with E-state index >= 15 is 0 Å². The Kier molecular flexibility index (Phi) is 7.00. The van der Waals surface area contributed by atoms with Crippen LogP contribution >= 0.6 is 11.6 Å². The predicted octanol–water partition coefficient (Wildman–Crippen LogP) is 4.37. The Labute approximate surface area is 120 Å². The number of hydrogen-bond donors (Lipinski definition) is 0. The molecule has 0 unspecified atom stereocenters. The first kappa shape index (κ1) is 16.1. The Morgan fingerprint density at radius 1 is 1.26 bits per heavy atom. The van der Waals surface area contributed by atoms with E-state index in [4.69, 9.17) is 16.0 Å². The van der Waals surface area contributed by atoms with E-state index in [-0.39, 0.29) is 5.91 Å². The average Bonchev–Trinajstić information content (AvgIpc) is 2.79. The van der Waals surface area contributed by atoms with Crippen LogP contribution in [0.5, 0.6) is 0 Å². The average molecular weight is 286 g/mol. The number of nitrogens with zero attached hydrogens (tertiary/aromatic N) is 1. The fourth-order valence-corrected chi connectivity index (χ4v) is 2.19. The van der Waals surface area contributed by atoms with Gasteiger partial charge in [-0.15, -0.1) is 11.6 Å². The first-order valence-electron chi connectivity index (χ1n) is 7.08. The second kappa shape index (κ2) is 8.26. The number of amides is 1. The van der Waals surface area contributed by atoms with E-state index in [2.05, 4.69) is 13.8 Å². The smallest absolute Gasteiger partial charge is 0.289 e. The summed E-state index contributed by atoms with van der Waals surface area (Å²) in [7, 11) is 0. The third kappa shape index (κ3) is 4.57. The molecule has 0 aliphatic carbocycles. The lowest BCUT2D eigenvalue weighted by atomic mass is 10.2. The molecule has 19 heavy (non-hydrogen) atoms. The zero-order chi connectivity index (χ0) is 14.3. The number of furan rings is 1. The Bertz CT molecular complexity index is 393. The van der Waals surface area contributed by atoms with E-state index in [1.807, 2.05) is 11.8 Å². The first-order valence-corrected chi connectivity index (χ1v) is 7.62. The Hall–Kier alpha value is -0.960. The Morgan fingerprint density at radius 2 is 1.84 bits per heavy atom. The summed E-state index contributed by atoms with van der Waals surface area (Å²) in [6, 6.07) is 1.77. The van der Waals surface area contributed by atoms with Crippen LogP contribution < -0.4 is 0 Å². The summed E-state index contributed by atoms with van der Waals surface area (Å²) in [4.78, 5) is 14.3. The Balaban J connectivity index is 2.78. The molecule has 1 rings (SSSR count). The highest BCUT2D eigenvalue weighted by Crippen LogP contribution is 2.18. The lowest BCUT2D eigenvalue weighted by Crippen LogP contribution is -2.32. The molecule has 0 fully saturated rings. The second-order valence-electron chi connectivity index (χ2n) is 4.83. The molecule has 1 aromatic heterocycles. The van der Waals surface area contributed by atoms with Gasteiger partial charge in [-0.1, -0.05) is 26.7 Å². The first-order chi connectivity index (χ1) is 9.13. The maximum absolute atomic E-state index is 12.4. The van der Waals surface area contributed by atoms with Crippen molar-refractivity contribution in [3.63, 3.8) is 0 Å². The van der Waals surface area contributed by atoms with Gasteiger partial charge in [0, 0.05) is 18.7 Å². The van der Waals surface area contributed by atoms with Crippen LogP contribution in [0.2, 0.25) is 0 Å². The summed E-state index contributed by atoms with van der Waals surface area (Å²) in [5.41, 5.74) is 0.899. The molecular weight excluding hydrogens is 262 g/mol. The molecule has 1 aromatic rings. The minimum Gasteiger partial charge on any atom is -0.456 e. The predicted molar refractivity (Wildman–Crippen MR) is 78.7 cm³/mol. The monoisotopic (exact) mass is 285 g/mol. The summed E-state index contributed by atoms with van der Waals surface area (Å²) < 4.78 is 5.53. The number of hydrogen-bond acceptors (Lipinski definition) is 2. The van der Waals surface area contributed by atoms with Crippen molar-refractivity contribution >= 4 is 17.5 Å². The van der Waals surface area contributed by atoms with Gasteiger partial charge in [0.1, 0.15) is 5.76 Å². The molecule has 0 saturated heterocycles. The van der Waals surface area contributed by atoms with Gasteiger partial charge in [-0.3, -0.25) is 4.79 Å². The number of carbonyl (C=O) groups is 1. The summed E-state index contributed by atoms with van der Waals surface area (Å²) >= 11 is 5.81. The minimum atomic E-state index is -0.0126. The van der Waals surface area contributed by atoms with Crippen LogP contribution in [0.3, 0.4) is 0 Å². The fraction of sp³-hybridized carbons (Fsp3) is 0.667. The number of unbranched alkanes of at least 4 members (excludes halogenated alkanes) is 2. The van der Waals surface area contributed by atoms with E-state index in [9.17, 15) is 4.79 Å². The molecule has 0 N–H and O–H groups in total. The third-order valence-electron chi connectivity index (χ3n) is 3.23. The van der Waals surface area contributed by atoms with Crippen LogP contribution in [0.15, 0.2) is 10.5 Å². The molecule has 3 nitrogen and oxygen atoms in total. The lowest BCUT2D eigenvalue weighted by molar-refractivity contribution is 0.0717. The molecule has 4 heteroatoms. The van der Waals surface area contributed by atoms with Gasteiger partial charge in [-0.05, 0) is 25.8 Å². The van der Waals surface area contributed by atoms with Crippen LogP contribution in [-0.2, 0) is 5.88 Å². The van der Waals surface area contributed by atoms with Crippen molar-refractivity contribution in [2.75, 3.05) is 13.1 Å². The van der Waals surface area contributed by atoms with Crippen molar-refractivity contribution < 1.29 is 9.21 Å². The van der Waals surface area contributed by atoms with E-state index < -0.39 is 0 Å². The van der Waals surface area contributed by atoms with Gasteiger partial charge >= 0.3 is 0 Å². The van der Waals surface area contributed by atoms with Crippen molar-refractivity contribution in [3.8, 4) is 0 Å². The molecular formula is C15H24ClNO2. The highest BCUT2D eigenvalue weighted by molar-refractivity contribution is 6.17. The molecule has 0 spiro atoms. The van der Waals surface area contributed by atoms with E-state index in [0.29, 0.717) is 11.6 Å². The van der Waals surface area contributed by atoms with Gasteiger partial charge in [0.2, 0.25) is 0 Å². The normalized spacial score (nSPS) is 10.7. The molecule has 0 radical (unpaired) electrons. The van der Waals surface area contributed by atoms with Gasteiger partial charge in [-0.25, -0.2) is 0 Å². The fourth-order valence-electron chi connectivity index (χ4n) is 1.93. The van der Waals surface area contributed by atoms with E-state index in [1.165, 1.54) is 0 Å². The SMILES string of the molecule is CCCCN(CCCC)C(=O)c1cc(CCl)c(C)o1. The number of carbonyl (C=O) groups excluding carboxylic acids is 1. The molecule has 108 valence electrons. The van der Waals surface area contributed by atoms with Gasteiger partial charge in [0.25, 0.3) is 5.91 Å². The van der Waals surface area contributed by atoms with Crippen molar-refractivity contribution in [2.45, 2.75) is 52.3 Å². The van der Waals surface area contributed by atoms with Gasteiger partial charge in [-0.2, -0.15) is 0 Å². The van der Waals surface area contributed by atoms with Gasteiger partial charge in [0.05, 0.1) is 5.88 Å². The van der Waals surface area contributed by atoms with Crippen molar-refractivity contribution in [3.05, 3.63) is 23.2 Å². The number of aryl methyl sites for hydroxylation is 1. The minimum absolute atomic E-state index is 0.0126. The van der Waals surface area contributed by atoms with Crippen molar-refractivity contribution in [1.29, 1.82) is 0 Å². The van der Waals surface area contributed by atoms with Gasteiger partial charge < -0.3 is 9.32 Å². The third-order valence-corrected chi connectivity index (χ3v) is 3.51. The van der Waals surface area contributed by atoms with Crippen LogP contribution in [0, 0.1) is 6.92 Å². The zero-order valence-corrected chi connectivity index (χ0v) is 12.9. The van der Waals surface area contributed by atoms with Crippen LogP contribution in [-0.4, -0.2) is 23.9 Å². The molecule has 0 aromatic carbocycles. The lowest BCUT2D eigenvalue weighted by Gasteiger charge is -2.21. The quantitative estimate of drug-likeness (QED) is 0.665. The summed E-state index contributed by atoms with van der Waals surface area (Å²) in [5.74, 6) is 1.53. The molecule has 1 amide bonds. The molecule has 0 bridgehead atoms. The summed E-state index contributed by atoms with van der Waals surface area (Å²) in [5, 5.41) is 0.